The molecule has 1 atom stereocenters. The van der Waals surface area contributed by atoms with Crippen LogP contribution in [-0.2, 0) is 16.0 Å². The lowest BCUT2D eigenvalue weighted by Gasteiger charge is -2.22. The highest BCUT2D eigenvalue weighted by molar-refractivity contribution is 7.96. The first-order valence-electron chi connectivity index (χ1n) is 6.54. The predicted octanol–water partition coefficient (Wildman–Crippen LogP) is 2.97. The number of hydrogen-bond donors (Lipinski definition) is 2. The summed E-state index contributed by atoms with van der Waals surface area (Å²) in [7, 11) is 0. The summed E-state index contributed by atoms with van der Waals surface area (Å²) in [4.78, 5) is 23.1. The van der Waals surface area contributed by atoms with Crippen molar-refractivity contribution in [1.29, 1.82) is 0 Å². The van der Waals surface area contributed by atoms with E-state index in [1.807, 2.05) is 30.3 Å². The number of benzene rings is 1. The zero-order valence-corrected chi connectivity index (χ0v) is 12.9. The molecule has 1 N–H and O–H groups in total. The molecule has 4 nitrogen and oxygen atoms in total. The van der Waals surface area contributed by atoms with Crippen LogP contribution in [0.3, 0.4) is 0 Å². The maximum absolute atomic E-state index is 11.7. The molecule has 20 heavy (non-hydrogen) atoms. The predicted molar refractivity (Wildman–Crippen MR) is 81.9 cm³/mol. The van der Waals surface area contributed by atoms with Crippen LogP contribution >= 0.6 is 12.6 Å². The number of rotatable bonds is 5. The molecule has 0 aliphatic carbocycles. The number of carbonyl (C=O) groups is 2. The smallest absolute Gasteiger partial charge is 0.408 e. The van der Waals surface area contributed by atoms with Gasteiger partial charge in [-0.25, -0.2) is 4.79 Å². The van der Waals surface area contributed by atoms with E-state index in [0.29, 0.717) is 12.8 Å². The third-order valence-electron chi connectivity index (χ3n) is 2.55. The summed E-state index contributed by atoms with van der Waals surface area (Å²) >= 11 is 3.82. The Labute approximate surface area is 125 Å². The van der Waals surface area contributed by atoms with E-state index >= 15 is 0 Å². The van der Waals surface area contributed by atoms with Crippen molar-refractivity contribution >= 4 is 23.8 Å². The summed E-state index contributed by atoms with van der Waals surface area (Å²) in [6.45, 7) is 5.32. The highest BCUT2D eigenvalue weighted by Crippen LogP contribution is 2.10. The molecule has 0 saturated carbocycles. The normalized spacial score (nSPS) is 12.6. The maximum Gasteiger partial charge on any atom is 0.408 e. The molecule has 0 unspecified atom stereocenters. The largest absolute Gasteiger partial charge is 0.444 e. The fourth-order valence-corrected chi connectivity index (χ4v) is 1.86. The Morgan fingerprint density at radius 1 is 1.25 bits per heavy atom. The molecular formula is C15H21NO3S. The first-order valence-corrected chi connectivity index (χ1v) is 6.99. The van der Waals surface area contributed by atoms with Crippen LogP contribution in [0, 0.1) is 0 Å². The third-order valence-corrected chi connectivity index (χ3v) is 2.87. The average molecular weight is 295 g/mol. The van der Waals surface area contributed by atoms with Gasteiger partial charge in [0, 0.05) is 0 Å². The summed E-state index contributed by atoms with van der Waals surface area (Å²) in [5, 5.41) is 2.19. The number of aryl methyl sites for hydroxylation is 1. The fourth-order valence-electron chi connectivity index (χ4n) is 1.66. The summed E-state index contributed by atoms with van der Waals surface area (Å²) in [6.07, 6.45) is 0.581. The number of amides is 1. The quantitative estimate of drug-likeness (QED) is 0.821. The Hall–Kier alpha value is -1.49. The van der Waals surface area contributed by atoms with Crippen molar-refractivity contribution in [3.8, 4) is 0 Å². The van der Waals surface area contributed by atoms with Crippen molar-refractivity contribution in [3.63, 3.8) is 0 Å². The monoisotopic (exact) mass is 295 g/mol. The van der Waals surface area contributed by atoms with Crippen molar-refractivity contribution < 1.29 is 14.3 Å². The second-order valence-electron chi connectivity index (χ2n) is 5.56. The van der Waals surface area contributed by atoms with E-state index in [1.54, 1.807) is 20.8 Å². The van der Waals surface area contributed by atoms with Gasteiger partial charge in [0.1, 0.15) is 11.6 Å². The van der Waals surface area contributed by atoms with Gasteiger partial charge in [-0.1, -0.05) is 30.3 Å². The topological polar surface area (TPSA) is 55.4 Å². The lowest BCUT2D eigenvalue weighted by Crippen LogP contribution is -2.42. The molecule has 1 amide bonds. The van der Waals surface area contributed by atoms with Crippen LogP contribution in [0.4, 0.5) is 4.79 Å². The van der Waals surface area contributed by atoms with Gasteiger partial charge in [-0.2, -0.15) is 0 Å². The highest BCUT2D eigenvalue weighted by Gasteiger charge is 2.22. The molecular weight excluding hydrogens is 274 g/mol. The summed E-state index contributed by atoms with van der Waals surface area (Å²) in [5.41, 5.74) is 0.520. The van der Waals surface area contributed by atoms with Crippen LogP contribution in [0.25, 0.3) is 0 Å². The van der Waals surface area contributed by atoms with Gasteiger partial charge < -0.3 is 10.1 Å². The van der Waals surface area contributed by atoms with Crippen molar-refractivity contribution in [2.24, 2.45) is 0 Å². The van der Waals surface area contributed by atoms with Crippen LogP contribution in [-0.4, -0.2) is 22.9 Å². The molecule has 0 aliphatic heterocycles. The van der Waals surface area contributed by atoms with Gasteiger partial charge >= 0.3 is 6.09 Å². The number of alkyl carbamates (subject to hydrolysis) is 1. The van der Waals surface area contributed by atoms with Crippen molar-refractivity contribution in [1.82, 2.24) is 5.32 Å². The van der Waals surface area contributed by atoms with Gasteiger partial charge in [-0.05, 0) is 39.2 Å². The highest BCUT2D eigenvalue weighted by atomic mass is 32.1. The second kappa shape index (κ2) is 7.33. The molecule has 0 bridgehead atoms. The molecule has 0 saturated heterocycles. The summed E-state index contributed by atoms with van der Waals surface area (Å²) in [5.74, 6) is 0. The molecule has 1 aromatic rings. The lowest BCUT2D eigenvalue weighted by atomic mass is 10.1. The minimum Gasteiger partial charge on any atom is -0.444 e. The molecule has 0 aromatic heterocycles. The van der Waals surface area contributed by atoms with E-state index in [9.17, 15) is 9.59 Å². The van der Waals surface area contributed by atoms with Crippen LogP contribution in [0.15, 0.2) is 30.3 Å². The van der Waals surface area contributed by atoms with Crippen molar-refractivity contribution in [3.05, 3.63) is 35.9 Å². The van der Waals surface area contributed by atoms with Crippen molar-refractivity contribution in [2.75, 3.05) is 0 Å². The second-order valence-corrected chi connectivity index (χ2v) is 6.00. The molecule has 0 heterocycles. The average Bonchev–Trinajstić information content (AvgIpc) is 2.33. The molecule has 110 valence electrons. The first kappa shape index (κ1) is 16.6. The van der Waals surface area contributed by atoms with E-state index < -0.39 is 17.7 Å². The summed E-state index contributed by atoms with van der Waals surface area (Å²) < 4.78 is 5.13. The minimum absolute atomic E-state index is 0.369. The van der Waals surface area contributed by atoms with Gasteiger partial charge in [-0.3, -0.25) is 4.79 Å². The Kier molecular flexibility index (Phi) is 6.07. The van der Waals surface area contributed by atoms with Gasteiger partial charge in [0.2, 0.25) is 5.12 Å². The molecule has 0 fully saturated rings. The molecule has 0 radical (unpaired) electrons. The van der Waals surface area contributed by atoms with Crippen LogP contribution in [0.1, 0.15) is 32.8 Å². The summed E-state index contributed by atoms with van der Waals surface area (Å²) in [6, 6.07) is 9.13. The molecule has 0 spiro atoms. The minimum atomic E-state index is -0.645. The molecule has 1 aromatic carbocycles. The maximum atomic E-state index is 11.7. The standard InChI is InChI=1S/C15H21NO3S/c1-15(2,3)19-14(18)16-12(13(17)20)10-9-11-7-5-4-6-8-11/h4-8,12H,9-10H2,1-3H3,(H,16,18)(H,17,20)/t12-/m1/s1. The van der Waals surface area contributed by atoms with E-state index in [1.165, 1.54) is 0 Å². The van der Waals surface area contributed by atoms with E-state index in [4.69, 9.17) is 4.74 Å². The third kappa shape index (κ3) is 6.61. The van der Waals surface area contributed by atoms with Crippen LogP contribution in [0.2, 0.25) is 0 Å². The number of nitrogens with one attached hydrogen (secondary N) is 1. The lowest BCUT2D eigenvalue weighted by molar-refractivity contribution is -0.112. The van der Waals surface area contributed by atoms with Gasteiger partial charge in [0.05, 0.1) is 0 Å². The Morgan fingerprint density at radius 3 is 2.35 bits per heavy atom. The van der Waals surface area contributed by atoms with E-state index in [0.717, 1.165) is 5.56 Å². The van der Waals surface area contributed by atoms with Crippen molar-refractivity contribution in [2.45, 2.75) is 45.3 Å². The molecule has 0 aliphatic rings. The Morgan fingerprint density at radius 2 is 1.85 bits per heavy atom. The SMILES string of the molecule is CC(C)(C)OC(=O)N[C@H](CCc1ccccc1)C(=O)S. The van der Waals surface area contributed by atoms with E-state index in [2.05, 4.69) is 17.9 Å². The number of hydrogen-bond acceptors (Lipinski definition) is 3. The van der Waals surface area contributed by atoms with Gasteiger partial charge in [-0.15, -0.1) is 12.6 Å². The van der Waals surface area contributed by atoms with E-state index in [-0.39, 0.29) is 5.12 Å². The zero-order valence-electron chi connectivity index (χ0n) is 12.1. The zero-order chi connectivity index (χ0) is 15.2. The first-order chi connectivity index (χ1) is 9.28. The van der Waals surface area contributed by atoms with Crippen LogP contribution < -0.4 is 5.32 Å². The van der Waals surface area contributed by atoms with Gasteiger partial charge in [0.15, 0.2) is 0 Å². The number of ether oxygens (including phenoxy) is 1. The van der Waals surface area contributed by atoms with Gasteiger partial charge in [0.25, 0.3) is 0 Å². The molecule has 1 rings (SSSR count). The number of thiol groups is 1. The molecule has 5 heteroatoms. The Balaban J connectivity index is 2.53. The number of carbonyl (C=O) groups excluding carboxylic acids is 2. The fraction of sp³-hybridized carbons (Fsp3) is 0.467. The Bertz CT molecular complexity index is 454. The van der Waals surface area contributed by atoms with Crippen LogP contribution in [0.5, 0.6) is 0 Å².